The van der Waals surface area contributed by atoms with Gasteiger partial charge in [0.2, 0.25) is 0 Å². The van der Waals surface area contributed by atoms with Crippen LogP contribution in [-0.4, -0.2) is 20.5 Å². The van der Waals surface area contributed by atoms with Gasteiger partial charge in [0.1, 0.15) is 0 Å². The highest BCUT2D eigenvalue weighted by Crippen LogP contribution is 2.37. The van der Waals surface area contributed by atoms with Crippen molar-refractivity contribution >= 4 is 17.9 Å². The fraction of sp³-hybridized carbons (Fsp3) is 0.364. The molecule has 15 heavy (non-hydrogen) atoms. The van der Waals surface area contributed by atoms with Crippen molar-refractivity contribution in [2.45, 2.75) is 13.3 Å². The lowest BCUT2D eigenvalue weighted by atomic mass is 10.0. The van der Waals surface area contributed by atoms with Gasteiger partial charge in [-0.3, -0.25) is 4.79 Å². The van der Waals surface area contributed by atoms with Gasteiger partial charge in [-0.2, -0.15) is 0 Å². The number of carbonyl (C=O) groups is 1. The maximum atomic E-state index is 10.9. The highest BCUT2D eigenvalue weighted by atomic mass is 35.5. The van der Waals surface area contributed by atoms with E-state index in [1.54, 1.807) is 13.2 Å². The monoisotopic (exact) mass is 228 g/mol. The largest absolute Gasteiger partial charge is 0.493 e. The third kappa shape index (κ3) is 2.07. The number of carbonyl (C=O) groups excluding carboxylic acids is 1. The van der Waals surface area contributed by atoms with Crippen LogP contribution in [0.1, 0.15) is 22.8 Å². The maximum Gasteiger partial charge on any atom is 0.164 e. The zero-order chi connectivity index (χ0) is 11.4. The molecule has 0 unspecified atom stereocenters. The Bertz CT molecular complexity index is 375. The van der Waals surface area contributed by atoms with Crippen molar-refractivity contribution in [3.63, 3.8) is 0 Å². The molecule has 0 aliphatic rings. The molecule has 0 N–H and O–H groups in total. The van der Waals surface area contributed by atoms with Gasteiger partial charge in [0, 0.05) is 17.2 Å². The summed E-state index contributed by atoms with van der Waals surface area (Å²) in [4.78, 5) is 10.9. The van der Waals surface area contributed by atoms with Gasteiger partial charge in [-0.25, -0.2) is 0 Å². The molecule has 82 valence electrons. The number of methoxy groups -OCH3 is 2. The Morgan fingerprint density at radius 2 is 2.07 bits per heavy atom. The van der Waals surface area contributed by atoms with Crippen LogP contribution in [0.4, 0.5) is 0 Å². The Balaban J connectivity index is 3.51. The number of ether oxygens (including phenoxy) is 2. The molecule has 0 heterocycles. The number of aldehydes is 1. The quantitative estimate of drug-likeness (QED) is 0.744. The molecule has 0 aromatic heterocycles. The first-order chi connectivity index (χ1) is 7.19. The van der Waals surface area contributed by atoms with E-state index in [-0.39, 0.29) is 0 Å². The van der Waals surface area contributed by atoms with Crippen LogP contribution in [0.3, 0.4) is 0 Å². The lowest BCUT2D eigenvalue weighted by molar-refractivity contribution is 0.112. The van der Waals surface area contributed by atoms with Gasteiger partial charge in [0.25, 0.3) is 0 Å². The van der Waals surface area contributed by atoms with Crippen molar-refractivity contribution in [3.8, 4) is 11.5 Å². The molecule has 0 radical (unpaired) electrons. The summed E-state index contributed by atoms with van der Waals surface area (Å²) in [6, 6.07) is 1.59. The van der Waals surface area contributed by atoms with Gasteiger partial charge in [0.05, 0.1) is 19.2 Å². The second-order valence-electron chi connectivity index (χ2n) is 2.96. The van der Waals surface area contributed by atoms with Crippen LogP contribution in [0, 0.1) is 0 Å². The average Bonchev–Trinajstić information content (AvgIpc) is 2.27. The summed E-state index contributed by atoms with van der Waals surface area (Å²) in [5, 5.41) is 0.388. The van der Waals surface area contributed by atoms with Crippen molar-refractivity contribution in [1.29, 1.82) is 0 Å². The van der Waals surface area contributed by atoms with Crippen molar-refractivity contribution in [2.24, 2.45) is 0 Å². The predicted molar refractivity (Wildman–Crippen MR) is 59.3 cm³/mol. The number of hydrogen-bond acceptors (Lipinski definition) is 3. The summed E-state index contributed by atoms with van der Waals surface area (Å²) in [6.07, 6.45) is 1.40. The summed E-state index contributed by atoms with van der Waals surface area (Å²) >= 11 is 5.95. The number of hydrogen-bond donors (Lipinski definition) is 0. The molecule has 0 aliphatic carbocycles. The molecule has 0 spiro atoms. The number of halogens is 1. The van der Waals surface area contributed by atoms with Crippen LogP contribution >= 0.6 is 11.6 Å². The van der Waals surface area contributed by atoms with Crippen molar-refractivity contribution in [2.75, 3.05) is 14.2 Å². The number of benzene rings is 1. The van der Waals surface area contributed by atoms with E-state index < -0.39 is 0 Å². The van der Waals surface area contributed by atoms with E-state index in [2.05, 4.69) is 0 Å². The zero-order valence-electron chi connectivity index (χ0n) is 8.96. The third-order valence-corrected chi connectivity index (χ3v) is 2.55. The van der Waals surface area contributed by atoms with E-state index in [4.69, 9.17) is 21.1 Å². The lowest BCUT2D eigenvalue weighted by Gasteiger charge is -2.14. The van der Waals surface area contributed by atoms with E-state index in [9.17, 15) is 4.79 Å². The van der Waals surface area contributed by atoms with Gasteiger partial charge in [-0.05, 0) is 6.42 Å². The first kappa shape index (κ1) is 11.9. The Morgan fingerprint density at radius 1 is 1.40 bits per heavy atom. The van der Waals surface area contributed by atoms with Crippen LogP contribution in [0.2, 0.25) is 5.02 Å². The topological polar surface area (TPSA) is 35.5 Å². The van der Waals surface area contributed by atoms with E-state index in [0.29, 0.717) is 28.5 Å². The Hall–Kier alpha value is -1.22. The van der Waals surface area contributed by atoms with E-state index in [1.165, 1.54) is 7.11 Å². The van der Waals surface area contributed by atoms with Gasteiger partial charge >= 0.3 is 0 Å². The predicted octanol–water partition coefficient (Wildman–Crippen LogP) is 2.73. The molecule has 0 saturated heterocycles. The fourth-order valence-electron chi connectivity index (χ4n) is 1.53. The first-order valence-electron chi connectivity index (χ1n) is 4.58. The molecule has 0 fully saturated rings. The Labute approximate surface area is 93.9 Å². The molecule has 1 aromatic rings. The third-order valence-electron chi connectivity index (χ3n) is 2.23. The Morgan fingerprint density at radius 3 is 2.47 bits per heavy atom. The average molecular weight is 229 g/mol. The molecule has 1 aromatic carbocycles. The smallest absolute Gasteiger partial charge is 0.164 e. The highest BCUT2D eigenvalue weighted by Gasteiger charge is 2.16. The van der Waals surface area contributed by atoms with Crippen LogP contribution in [0.25, 0.3) is 0 Å². The fourth-order valence-corrected chi connectivity index (χ4v) is 1.79. The lowest BCUT2D eigenvalue weighted by Crippen LogP contribution is -2.00. The molecule has 0 aliphatic heterocycles. The summed E-state index contributed by atoms with van der Waals surface area (Å²) in [5.74, 6) is 1.12. The van der Waals surface area contributed by atoms with Crippen LogP contribution in [0.5, 0.6) is 11.5 Å². The minimum Gasteiger partial charge on any atom is -0.493 e. The van der Waals surface area contributed by atoms with Crippen LogP contribution in [0.15, 0.2) is 6.07 Å². The second-order valence-corrected chi connectivity index (χ2v) is 3.36. The number of rotatable bonds is 4. The molecule has 3 nitrogen and oxygen atoms in total. The molecular formula is C11H13ClO3. The normalized spacial score (nSPS) is 9.87. The van der Waals surface area contributed by atoms with Gasteiger partial charge in [-0.15, -0.1) is 0 Å². The first-order valence-corrected chi connectivity index (χ1v) is 4.95. The van der Waals surface area contributed by atoms with Crippen molar-refractivity contribution in [1.82, 2.24) is 0 Å². The molecule has 0 saturated carbocycles. The standard InChI is InChI=1S/C11H13ClO3/c1-4-7-8(6-13)9(12)5-10(14-2)11(7)15-3/h5-6H,4H2,1-3H3. The van der Waals surface area contributed by atoms with E-state index in [1.807, 2.05) is 6.92 Å². The summed E-state index contributed by atoms with van der Waals surface area (Å²) in [7, 11) is 3.08. The molecule has 1 rings (SSSR count). The maximum absolute atomic E-state index is 10.9. The van der Waals surface area contributed by atoms with E-state index >= 15 is 0 Å². The van der Waals surface area contributed by atoms with Gasteiger partial charge in [-0.1, -0.05) is 18.5 Å². The van der Waals surface area contributed by atoms with Gasteiger partial charge < -0.3 is 9.47 Å². The minimum absolute atomic E-state index is 0.388. The molecular weight excluding hydrogens is 216 g/mol. The highest BCUT2D eigenvalue weighted by molar-refractivity contribution is 6.33. The van der Waals surface area contributed by atoms with Crippen molar-refractivity contribution in [3.05, 3.63) is 22.2 Å². The zero-order valence-corrected chi connectivity index (χ0v) is 9.72. The molecule has 0 bridgehead atoms. The minimum atomic E-state index is 0.388. The Kier molecular flexibility index (Phi) is 3.97. The van der Waals surface area contributed by atoms with Crippen LogP contribution < -0.4 is 9.47 Å². The SMILES string of the molecule is CCc1c(C=O)c(Cl)cc(OC)c1OC. The second kappa shape index (κ2) is 5.03. The van der Waals surface area contributed by atoms with E-state index in [0.717, 1.165) is 11.8 Å². The molecule has 0 amide bonds. The van der Waals surface area contributed by atoms with Crippen molar-refractivity contribution < 1.29 is 14.3 Å². The summed E-state index contributed by atoms with van der Waals surface area (Å²) in [5.41, 5.74) is 1.24. The molecule has 4 heteroatoms. The molecule has 0 atom stereocenters. The summed E-state index contributed by atoms with van der Waals surface area (Å²) in [6.45, 7) is 1.93. The summed E-state index contributed by atoms with van der Waals surface area (Å²) < 4.78 is 10.3. The van der Waals surface area contributed by atoms with Gasteiger partial charge in [0.15, 0.2) is 17.8 Å². The van der Waals surface area contributed by atoms with Crippen LogP contribution in [-0.2, 0) is 6.42 Å².